The first-order valence-corrected chi connectivity index (χ1v) is 14.0. The highest BCUT2D eigenvalue weighted by molar-refractivity contribution is 7.91. The van der Waals surface area contributed by atoms with Crippen molar-refractivity contribution >= 4 is 50.5 Å². The van der Waals surface area contributed by atoms with Gasteiger partial charge in [-0.15, -0.1) is 0 Å². The molecule has 0 spiro atoms. The highest BCUT2D eigenvalue weighted by Crippen LogP contribution is 2.28. The van der Waals surface area contributed by atoms with E-state index in [1.807, 2.05) is 0 Å². The van der Waals surface area contributed by atoms with Gasteiger partial charge in [0.25, 0.3) is 0 Å². The van der Waals surface area contributed by atoms with E-state index in [0.717, 1.165) is 0 Å². The maximum absolute atomic E-state index is 12.8. The van der Waals surface area contributed by atoms with Crippen LogP contribution in [0.15, 0.2) is 97.1 Å². The molecule has 41 heavy (non-hydrogen) atoms. The molecule has 5 N–H and O–H groups in total. The Morgan fingerprint density at radius 3 is 1.61 bits per heavy atom. The van der Waals surface area contributed by atoms with E-state index in [4.69, 9.17) is 9.47 Å². The lowest BCUT2D eigenvalue weighted by atomic mass is 10.2. The van der Waals surface area contributed by atoms with Crippen molar-refractivity contribution in [3.8, 4) is 11.5 Å². The molecular weight excluding hydrogens is 546 g/mol. The molecule has 0 aliphatic heterocycles. The maximum atomic E-state index is 12.8. The number of hydrogen-bond acceptors (Lipinski definition) is 6. The zero-order chi connectivity index (χ0) is 29.2. The smallest absolute Gasteiger partial charge is 0.323 e. The number of ether oxygens (including phenoxy) is 2. The maximum Gasteiger partial charge on any atom is 0.323 e. The number of rotatable bonds is 10. The summed E-state index contributed by atoms with van der Waals surface area (Å²) in [5.41, 5.74) is 2.20. The van der Waals surface area contributed by atoms with Crippen molar-refractivity contribution in [3.63, 3.8) is 0 Å². The first-order chi connectivity index (χ1) is 19.7. The molecule has 212 valence electrons. The fraction of sp³-hybridized carbons (Fsp3) is 0.103. The number of anilines is 5. The lowest BCUT2D eigenvalue weighted by molar-refractivity contribution is 0.261. The minimum absolute atomic E-state index is 0.154. The Kier molecular flexibility index (Phi) is 9.28. The first kappa shape index (κ1) is 28.8. The normalized spacial score (nSPS) is 10.7. The highest BCUT2D eigenvalue weighted by Gasteiger charge is 2.16. The van der Waals surface area contributed by atoms with Crippen LogP contribution in [0.4, 0.5) is 38.0 Å². The van der Waals surface area contributed by atoms with E-state index in [-0.39, 0.29) is 22.8 Å². The van der Waals surface area contributed by atoms with Crippen LogP contribution in [0, 0.1) is 0 Å². The summed E-state index contributed by atoms with van der Waals surface area (Å²) in [5.74, 6) is 1.02. The van der Waals surface area contributed by atoms with Crippen molar-refractivity contribution in [2.75, 3.05) is 40.2 Å². The average molecular weight is 576 g/mol. The highest BCUT2D eigenvalue weighted by atomic mass is 32.2. The van der Waals surface area contributed by atoms with Crippen molar-refractivity contribution < 1.29 is 27.5 Å². The van der Waals surface area contributed by atoms with Gasteiger partial charge in [-0.25, -0.2) is 18.0 Å². The zero-order valence-corrected chi connectivity index (χ0v) is 23.1. The number of carbonyl (C=O) groups excluding carboxylic acids is 2. The van der Waals surface area contributed by atoms with E-state index in [1.54, 1.807) is 86.0 Å². The largest absolute Gasteiger partial charge is 0.497 e. The summed E-state index contributed by atoms with van der Waals surface area (Å²) in [7, 11) is -0.692. The predicted octanol–water partition coefficient (Wildman–Crippen LogP) is 5.93. The SMILES string of the molecule is COc1ccc(NC(=O)Nc2ccc(NS(=O)(=O)Cc3ccccc3)cc2NC(=O)Nc2ccc(OC)cc2)cc1. The van der Waals surface area contributed by atoms with Gasteiger partial charge >= 0.3 is 12.1 Å². The van der Waals surface area contributed by atoms with Gasteiger partial charge in [0.1, 0.15) is 11.5 Å². The summed E-state index contributed by atoms with van der Waals surface area (Å²) in [5, 5.41) is 10.7. The van der Waals surface area contributed by atoms with Crippen molar-refractivity contribution in [1.82, 2.24) is 0 Å². The van der Waals surface area contributed by atoms with Crippen molar-refractivity contribution in [2.24, 2.45) is 0 Å². The van der Waals surface area contributed by atoms with Gasteiger partial charge in [-0.1, -0.05) is 30.3 Å². The minimum atomic E-state index is -3.77. The Morgan fingerprint density at radius 2 is 1.10 bits per heavy atom. The molecule has 0 heterocycles. The topological polar surface area (TPSA) is 147 Å². The molecule has 4 rings (SSSR count). The van der Waals surface area contributed by atoms with Gasteiger partial charge in [0.05, 0.1) is 37.0 Å². The van der Waals surface area contributed by atoms with Gasteiger partial charge in [-0.05, 0) is 72.3 Å². The van der Waals surface area contributed by atoms with Crippen LogP contribution in [0.1, 0.15) is 5.56 Å². The van der Waals surface area contributed by atoms with E-state index in [2.05, 4.69) is 26.0 Å². The number of methoxy groups -OCH3 is 2. The van der Waals surface area contributed by atoms with Crippen LogP contribution in [-0.4, -0.2) is 34.7 Å². The van der Waals surface area contributed by atoms with Crippen LogP contribution >= 0.6 is 0 Å². The second kappa shape index (κ2) is 13.2. The Bertz CT molecular complexity index is 1600. The third-order valence-electron chi connectivity index (χ3n) is 5.68. The predicted molar refractivity (Wildman–Crippen MR) is 160 cm³/mol. The first-order valence-electron chi connectivity index (χ1n) is 12.4. The molecule has 0 aliphatic rings. The van der Waals surface area contributed by atoms with Crippen molar-refractivity contribution in [2.45, 2.75) is 5.75 Å². The molecule has 0 saturated carbocycles. The van der Waals surface area contributed by atoms with E-state index in [9.17, 15) is 18.0 Å². The number of hydrogen-bond donors (Lipinski definition) is 5. The summed E-state index contributed by atoms with van der Waals surface area (Å²) in [6.45, 7) is 0. The van der Waals surface area contributed by atoms with Crippen LogP contribution in [0.2, 0.25) is 0 Å². The number of nitrogens with one attached hydrogen (secondary N) is 5. The molecule has 0 radical (unpaired) electrons. The molecule has 0 aliphatic carbocycles. The zero-order valence-electron chi connectivity index (χ0n) is 22.3. The van der Waals surface area contributed by atoms with Gasteiger partial charge in [-0.3, -0.25) is 4.72 Å². The molecule has 12 heteroatoms. The van der Waals surface area contributed by atoms with E-state index >= 15 is 0 Å². The molecule has 0 bridgehead atoms. The summed E-state index contributed by atoms with van der Waals surface area (Å²) in [4.78, 5) is 25.6. The lowest BCUT2D eigenvalue weighted by Crippen LogP contribution is -2.23. The number of urea groups is 2. The molecule has 4 aromatic rings. The lowest BCUT2D eigenvalue weighted by Gasteiger charge is -2.16. The molecule has 0 fully saturated rings. The summed E-state index contributed by atoms with van der Waals surface area (Å²) >= 11 is 0. The van der Waals surface area contributed by atoms with E-state index < -0.39 is 22.1 Å². The molecule has 0 aromatic heterocycles. The van der Waals surface area contributed by atoms with Crippen LogP contribution in [0.3, 0.4) is 0 Å². The van der Waals surface area contributed by atoms with Crippen molar-refractivity contribution in [3.05, 3.63) is 103 Å². The number of carbonyl (C=O) groups is 2. The monoisotopic (exact) mass is 575 g/mol. The number of sulfonamides is 1. The summed E-state index contributed by atoms with van der Waals surface area (Å²) in [6, 6.07) is 25.4. The second-order valence-electron chi connectivity index (χ2n) is 8.72. The third-order valence-corrected chi connectivity index (χ3v) is 6.94. The average Bonchev–Trinajstić information content (AvgIpc) is 2.95. The standard InChI is InChI=1S/C29H29N5O6S/c1-39-24-13-8-21(9-14-24)30-28(35)32-26-17-12-23(34-41(37,38)19-20-6-4-3-5-7-20)18-27(26)33-29(36)31-22-10-15-25(40-2)16-11-22/h3-18,34H,19H2,1-2H3,(H2,30,32,35)(H2,31,33,36). The van der Waals surface area contributed by atoms with Gasteiger partial charge in [0, 0.05) is 11.4 Å². The second-order valence-corrected chi connectivity index (χ2v) is 10.4. The van der Waals surface area contributed by atoms with Gasteiger partial charge in [0.15, 0.2) is 0 Å². The van der Waals surface area contributed by atoms with Crippen LogP contribution in [0.25, 0.3) is 0 Å². The fourth-order valence-corrected chi connectivity index (χ4v) is 4.94. The summed E-state index contributed by atoms with van der Waals surface area (Å²) in [6.07, 6.45) is 0. The molecule has 0 atom stereocenters. The van der Waals surface area contributed by atoms with Crippen LogP contribution in [-0.2, 0) is 15.8 Å². The molecule has 4 amide bonds. The molecule has 11 nitrogen and oxygen atoms in total. The van der Waals surface area contributed by atoms with E-state index in [1.165, 1.54) is 25.3 Å². The molecule has 0 saturated heterocycles. The van der Waals surface area contributed by atoms with Gasteiger partial charge < -0.3 is 30.7 Å². The van der Waals surface area contributed by atoms with Gasteiger partial charge in [0.2, 0.25) is 10.0 Å². The van der Waals surface area contributed by atoms with Gasteiger partial charge in [-0.2, -0.15) is 0 Å². The number of benzene rings is 4. The quantitative estimate of drug-likeness (QED) is 0.158. The Balaban J connectivity index is 1.53. The Hall–Kier alpha value is -5.23. The molecule has 0 unspecified atom stereocenters. The molecule has 4 aromatic carbocycles. The van der Waals surface area contributed by atoms with Crippen molar-refractivity contribution in [1.29, 1.82) is 0 Å². The number of amides is 4. The summed E-state index contributed by atoms with van der Waals surface area (Å²) < 4.78 is 38.4. The Morgan fingerprint density at radius 1 is 0.610 bits per heavy atom. The van der Waals surface area contributed by atoms with Crippen LogP contribution < -0.4 is 35.5 Å². The minimum Gasteiger partial charge on any atom is -0.497 e. The molecular formula is C29H29N5O6S. The van der Waals surface area contributed by atoms with E-state index in [0.29, 0.717) is 28.4 Å². The fourth-order valence-electron chi connectivity index (χ4n) is 3.75. The third kappa shape index (κ3) is 8.63. The van der Waals surface area contributed by atoms with Crippen LogP contribution in [0.5, 0.6) is 11.5 Å². The Labute approximate surface area is 237 Å².